The van der Waals surface area contributed by atoms with E-state index in [1.807, 2.05) is 32.0 Å². The third-order valence-electron chi connectivity index (χ3n) is 3.62. The first kappa shape index (κ1) is 17.6. The molecule has 0 heterocycles. The molecule has 0 saturated carbocycles. The molecule has 0 fully saturated rings. The molecule has 0 aliphatic carbocycles. The third-order valence-corrected chi connectivity index (χ3v) is 3.84. The van der Waals surface area contributed by atoms with Gasteiger partial charge in [-0.25, -0.2) is 4.39 Å². The van der Waals surface area contributed by atoms with E-state index < -0.39 is 0 Å². The third kappa shape index (κ3) is 4.40. The average Bonchev–Trinajstić information content (AvgIpc) is 2.54. The normalized spacial score (nSPS) is 11.0. The van der Waals surface area contributed by atoms with Crippen molar-refractivity contribution < 1.29 is 9.13 Å². The van der Waals surface area contributed by atoms with Crippen molar-refractivity contribution in [2.24, 2.45) is 5.73 Å². The fourth-order valence-corrected chi connectivity index (χ4v) is 2.34. The van der Waals surface area contributed by atoms with Crippen LogP contribution in [0.5, 0.6) is 5.75 Å². The Kier molecular flexibility index (Phi) is 5.67. The van der Waals surface area contributed by atoms with Crippen LogP contribution in [0.3, 0.4) is 0 Å². The van der Waals surface area contributed by atoms with Crippen LogP contribution in [-0.4, -0.2) is 4.99 Å². The molecule has 0 aliphatic rings. The van der Waals surface area contributed by atoms with Crippen LogP contribution in [-0.2, 0) is 6.61 Å². The quantitative estimate of drug-likeness (QED) is 0.503. The van der Waals surface area contributed by atoms with Crippen molar-refractivity contribution in [2.45, 2.75) is 20.5 Å². The van der Waals surface area contributed by atoms with Crippen LogP contribution < -0.4 is 10.5 Å². The molecular formula is C19H17FN2OS. The number of hydrogen-bond acceptors (Lipinski definition) is 3. The predicted octanol–water partition coefficient (Wildman–Crippen LogP) is 4.21. The molecule has 24 heavy (non-hydrogen) atoms. The standard InChI is InChI=1S/C19H17FN2OS/c1-12-7-13(2)16(9-14(12)8-15(10-21)19(22)24)11-23-18-5-3-17(20)4-6-18/h3-9H,11H2,1-2H3,(H2,22,24). The predicted molar refractivity (Wildman–Crippen MR) is 97.0 cm³/mol. The van der Waals surface area contributed by atoms with E-state index in [0.29, 0.717) is 12.4 Å². The molecule has 2 rings (SSSR count). The van der Waals surface area contributed by atoms with Gasteiger partial charge in [0.2, 0.25) is 0 Å². The van der Waals surface area contributed by atoms with Gasteiger partial charge in [0.25, 0.3) is 0 Å². The van der Waals surface area contributed by atoms with Crippen LogP contribution in [0.1, 0.15) is 22.3 Å². The number of rotatable bonds is 5. The summed E-state index contributed by atoms with van der Waals surface area (Å²) in [5, 5.41) is 9.11. The van der Waals surface area contributed by atoms with Crippen LogP contribution >= 0.6 is 12.2 Å². The van der Waals surface area contributed by atoms with Gasteiger partial charge >= 0.3 is 0 Å². The van der Waals surface area contributed by atoms with Crippen molar-refractivity contribution in [3.05, 3.63) is 70.0 Å². The number of thiocarbonyl (C=S) groups is 1. The number of halogens is 1. The summed E-state index contributed by atoms with van der Waals surface area (Å²) in [6.45, 7) is 4.29. The van der Waals surface area contributed by atoms with Crippen LogP contribution in [0.4, 0.5) is 4.39 Å². The number of benzene rings is 2. The summed E-state index contributed by atoms with van der Waals surface area (Å²) in [7, 11) is 0. The van der Waals surface area contributed by atoms with Crippen molar-refractivity contribution in [1.82, 2.24) is 0 Å². The molecule has 0 atom stereocenters. The molecular weight excluding hydrogens is 323 g/mol. The molecule has 0 radical (unpaired) electrons. The van der Waals surface area contributed by atoms with Gasteiger partial charge in [-0.3, -0.25) is 0 Å². The second kappa shape index (κ2) is 7.71. The van der Waals surface area contributed by atoms with Crippen molar-refractivity contribution in [3.8, 4) is 11.8 Å². The largest absolute Gasteiger partial charge is 0.489 e. The number of ether oxygens (including phenoxy) is 1. The highest BCUT2D eigenvalue weighted by Crippen LogP contribution is 2.21. The van der Waals surface area contributed by atoms with Gasteiger partial charge in [-0.1, -0.05) is 18.3 Å². The van der Waals surface area contributed by atoms with Crippen LogP contribution in [0.2, 0.25) is 0 Å². The van der Waals surface area contributed by atoms with E-state index in [9.17, 15) is 4.39 Å². The summed E-state index contributed by atoms with van der Waals surface area (Å²) >= 11 is 4.87. The van der Waals surface area contributed by atoms with Gasteiger partial charge in [0.15, 0.2) is 0 Å². The Morgan fingerprint density at radius 3 is 2.50 bits per heavy atom. The Balaban J connectivity index is 2.27. The van der Waals surface area contributed by atoms with Gasteiger partial charge in [0.1, 0.15) is 29.2 Å². The number of nitrogens with zero attached hydrogens (tertiary/aromatic N) is 1. The highest BCUT2D eigenvalue weighted by Gasteiger charge is 2.07. The van der Waals surface area contributed by atoms with Crippen molar-refractivity contribution >= 4 is 23.3 Å². The SMILES string of the molecule is Cc1cc(C)c(COc2ccc(F)cc2)cc1C=C(C#N)C(N)=S. The van der Waals surface area contributed by atoms with E-state index in [1.165, 1.54) is 12.1 Å². The van der Waals surface area contributed by atoms with E-state index in [1.54, 1.807) is 18.2 Å². The van der Waals surface area contributed by atoms with Gasteiger partial charge in [-0.05, 0) is 72.5 Å². The lowest BCUT2D eigenvalue weighted by atomic mass is 9.98. The first-order chi connectivity index (χ1) is 11.4. The lowest BCUT2D eigenvalue weighted by Gasteiger charge is -2.12. The zero-order valence-corrected chi connectivity index (χ0v) is 14.3. The number of nitriles is 1. The maximum absolute atomic E-state index is 12.9. The molecule has 5 heteroatoms. The summed E-state index contributed by atoms with van der Waals surface area (Å²) in [5.41, 5.74) is 9.73. The summed E-state index contributed by atoms with van der Waals surface area (Å²) in [6, 6.07) is 11.8. The molecule has 0 saturated heterocycles. The molecule has 2 aromatic rings. The lowest BCUT2D eigenvalue weighted by molar-refractivity contribution is 0.305. The Morgan fingerprint density at radius 1 is 1.25 bits per heavy atom. The van der Waals surface area contributed by atoms with Gasteiger partial charge in [0.05, 0.1) is 5.57 Å². The summed E-state index contributed by atoms with van der Waals surface area (Å²) in [5.74, 6) is 0.289. The van der Waals surface area contributed by atoms with E-state index >= 15 is 0 Å². The highest BCUT2D eigenvalue weighted by molar-refractivity contribution is 7.80. The minimum Gasteiger partial charge on any atom is -0.489 e. The van der Waals surface area contributed by atoms with E-state index in [2.05, 4.69) is 0 Å². The molecule has 0 aromatic heterocycles. The molecule has 0 amide bonds. The Bertz CT molecular complexity index is 836. The van der Waals surface area contributed by atoms with Gasteiger partial charge in [-0.2, -0.15) is 5.26 Å². The summed E-state index contributed by atoms with van der Waals surface area (Å²) in [6.07, 6.45) is 1.68. The highest BCUT2D eigenvalue weighted by atomic mass is 32.1. The second-order valence-electron chi connectivity index (χ2n) is 5.41. The fourth-order valence-electron chi connectivity index (χ4n) is 2.23. The smallest absolute Gasteiger partial charge is 0.123 e. The first-order valence-corrected chi connectivity index (χ1v) is 7.71. The maximum atomic E-state index is 12.9. The van der Waals surface area contributed by atoms with Gasteiger partial charge in [0, 0.05) is 0 Å². The van der Waals surface area contributed by atoms with Gasteiger partial charge < -0.3 is 10.5 Å². The van der Waals surface area contributed by atoms with Crippen molar-refractivity contribution in [2.75, 3.05) is 0 Å². The molecule has 0 aliphatic heterocycles. The van der Waals surface area contributed by atoms with E-state index in [4.69, 9.17) is 28.0 Å². The first-order valence-electron chi connectivity index (χ1n) is 7.31. The molecule has 0 spiro atoms. The van der Waals surface area contributed by atoms with E-state index in [0.717, 1.165) is 22.3 Å². The van der Waals surface area contributed by atoms with Gasteiger partial charge in [-0.15, -0.1) is 0 Å². The molecule has 2 aromatic carbocycles. The number of nitrogens with two attached hydrogens (primary N) is 1. The van der Waals surface area contributed by atoms with Crippen LogP contribution in [0.15, 0.2) is 42.0 Å². The summed E-state index contributed by atoms with van der Waals surface area (Å²) < 4.78 is 18.6. The fraction of sp³-hybridized carbons (Fsp3) is 0.158. The average molecular weight is 340 g/mol. The molecule has 0 unspecified atom stereocenters. The summed E-state index contributed by atoms with van der Waals surface area (Å²) in [4.78, 5) is 0.0709. The Morgan fingerprint density at radius 2 is 1.92 bits per heavy atom. The number of hydrogen-bond donors (Lipinski definition) is 1. The Hall–Kier alpha value is -2.71. The number of aryl methyl sites for hydroxylation is 2. The van der Waals surface area contributed by atoms with Crippen molar-refractivity contribution in [1.29, 1.82) is 5.26 Å². The zero-order valence-electron chi connectivity index (χ0n) is 13.5. The molecule has 122 valence electrons. The minimum atomic E-state index is -0.303. The topological polar surface area (TPSA) is 59.0 Å². The van der Waals surface area contributed by atoms with E-state index in [-0.39, 0.29) is 16.4 Å². The van der Waals surface area contributed by atoms with Crippen LogP contribution in [0, 0.1) is 31.0 Å². The maximum Gasteiger partial charge on any atom is 0.123 e. The zero-order chi connectivity index (χ0) is 17.7. The minimum absolute atomic E-state index is 0.0709. The van der Waals surface area contributed by atoms with Crippen LogP contribution in [0.25, 0.3) is 6.08 Å². The monoisotopic (exact) mass is 340 g/mol. The Labute approximate surface area is 146 Å². The second-order valence-corrected chi connectivity index (χ2v) is 5.85. The molecule has 0 bridgehead atoms. The lowest BCUT2D eigenvalue weighted by Crippen LogP contribution is -2.10. The van der Waals surface area contributed by atoms with Crippen molar-refractivity contribution in [3.63, 3.8) is 0 Å². The molecule has 2 N–H and O–H groups in total. The molecule has 3 nitrogen and oxygen atoms in total.